The standard InChI is InChI=1S/C5H5.C4H10N.C3H10OSi.CH4O.CH3.2ClH.H2Si.Ti/c1-2-4-5-3-1;1-4(2,3)5;1-5(2,3)4;1-2;;;;;/h1-3H,4H2;5H,1-3H3;4H,1-3H3;2H,1H3;1H3;2*1H;1H2;/q2*-1;;;-1;;;;. The molecule has 0 aromatic carbocycles. The molecule has 1 rings (SSSR count). The molecule has 8 heteroatoms. The Bertz CT molecular complexity index is 198. The molecule has 3 nitrogen and oxygen atoms in total. The molecule has 0 aromatic heterocycles. The second kappa shape index (κ2) is 30.0. The van der Waals surface area contributed by atoms with E-state index in [1.165, 1.54) is 0 Å². The Labute approximate surface area is 166 Å². The summed E-state index contributed by atoms with van der Waals surface area (Å²) >= 11 is 2.03. The molecular formula is C14H36Cl2NO2Si2Ti-3. The Morgan fingerprint density at radius 1 is 1.14 bits per heavy atom. The Morgan fingerprint density at radius 2 is 1.36 bits per heavy atom. The predicted molar refractivity (Wildman–Crippen MR) is 109 cm³/mol. The van der Waals surface area contributed by atoms with Crippen LogP contribution in [0.1, 0.15) is 27.2 Å². The normalized spacial score (nSPS) is 9.86. The van der Waals surface area contributed by atoms with Gasteiger partial charge in [-0.05, 0) is 19.6 Å². The van der Waals surface area contributed by atoms with Gasteiger partial charge >= 0.3 is 26.8 Å². The van der Waals surface area contributed by atoms with Gasteiger partial charge in [0.05, 0.1) is 0 Å². The van der Waals surface area contributed by atoms with E-state index in [1.807, 2.05) is 79.4 Å². The summed E-state index contributed by atoms with van der Waals surface area (Å²) < 4.78 is 0. The van der Waals surface area contributed by atoms with Crippen LogP contribution in [0.15, 0.2) is 18.2 Å². The first-order valence-electron chi connectivity index (χ1n) is 5.99. The Balaban J connectivity index is -0.0000000259. The van der Waals surface area contributed by atoms with E-state index < -0.39 is 8.32 Å². The van der Waals surface area contributed by atoms with Gasteiger partial charge in [0.15, 0.2) is 8.32 Å². The second-order valence-electron chi connectivity index (χ2n) is 5.42. The Hall–Kier alpha value is 1.09. The third-order valence-corrected chi connectivity index (χ3v) is 0.586. The van der Waals surface area contributed by atoms with Crippen molar-refractivity contribution in [3.05, 3.63) is 37.5 Å². The van der Waals surface area contributed by atoms with Gasteiger partial charge in [-0.2, -0.15) is 6.08 Å². The first-order chi connectivity index (χ1) is 8.50. The summed E-state index contributed by atoms with van der Waals surface area (Å²) in [5, 5.41) is 7.00. The van der Waals surface area contributed by atoms with Gasteiger partial charge in [0, 0.05) is 7.11 Å². The van der Waals surface area contributed by atoms with Crippen LogP contribution >= 0.6 is 24.8 Å². The van der Waals surface area contributed by atoms with Crippen LogP contribution in [0.2, 0.25) is 19.6 Å². The number of hydrogen-bond donors (Lipinski definition) is 2. The minimum absolute atomic E-state index is 0. The average molecular weight is 425 g/mol. The van der Waals surface area contributed by atoms with Crippen molar-refractivity contribution in [2.45, 2.75) is 52.4 Å². The molecule has 1 aliphatic carbocycles. The number of aliphatic hydroxyl groups is 1. The monoisotopic (exact) mass is 424 g/mol. The summed E-state index contributed by atoms with van der Waals surface area (Å²) in [6.45, 7) is 11.2. The topological polar surface area (TPSA) is 64.3 Å². The van der Waals surface area contributed by atoms with E-state index in [9.17, 15) is 0 Å². The molecule has 138 valence electrons. The molecule has 0 fully saturated rings. The van der Waals surface area contributed by atoms with Gasteiger partial charge in [-0.1, -0.05) is 20.8 Å². The number of rotatable bonds is 0. The molecule has 0 atom stereocenters. The summed E-state index contributed by atoms with van der Waals surface area (Å²) in [4.78, 5) is 8.66. The van der Waals surface area contributed by atoms with Crippen molar-refractivity contribution in [3.8, 4) is 0 Å². The molecule has 0 saturated carbocycles. The molecule has 0 unspecified atom stereocenters. The quantitative estimate of drug-likeness (QED) is 0.456. The van der Waals surface area contributed by atoms with Crippen molar-refractivity contribution < 1.29 is 29.1 Å². The fraction of sp³-hybridized carbons (Fsp3) is 0.643. The van der Waals surface area contributed by atoms with Crippen molar-refractivity contribution in [1.29, 1.82) is 0 Å². The molecule has 0 aromatic rings. The van der Waals surface area contributed by atoms with Gasteiger partial charge in [-0.3, -0.25) is 6.08 Å². The number of allylic oxidation sites excluding steroid dienone is 4. The minimum atomic E-state index is -1.61. The zero-order chi connectivity index (χ0) is 16.5. The maximum absolute atomic E-state index is 8.66. The molecule has 0 amide bonds. The van der Waals surface area contributed by atoms with Crippen LogP contribution in [-0.2, 0) is 19.2 Å². The van der Waals surface area contributed by atoms with Crippen LogP contribution in [0.3, 0.4) is 0 Å². The van der Waals surface area contributed by atoms with Gasteiger partial charge in [-0.15, -0.1) is 36.8 Å². The molecule has 3 N–H and O–H groups in total. The van der Waals surface area contributed by atoms with E-state index in [-0.39, 0.29) is 37.8 Å². The van der Waals surface area contributed by atoms with Gasteiger partial charge < -0.3 is 23.1 Å². The van der Waals surface area contributed by atoms with Crippen molar-refractivity contribution in [2.75, 3.05) is 7.11 Å². The summed E-state index contributed by atoms with van der Waals surface area (Å²) in [5.74, 6) is 0. The molecule has 1 aliphatic rings. The fourth-order valence-corrected chi connectivity index (χ4v) is 0.340. The Morgan fingerprint density at radius 3 is 1.41 bits per heavy atom. The molecule has 0 aliphatic heterocycles. The van der Waals surface area contributed by atoms with Crippen LogP contribution in [0, 0.1) is 13.5 Å². The summed E-state index contributed by atoms with van der Waals surface area (Å²) in [6, 6.07) is 0. The summed E-state index contributed by atoms with van der Waals surface area (Å²) in [7, 11) is 1.25. The average Bonchev–Trinajstić information content (AvgIpc) is 2.75. The van der Waals surface area contributed by atoms with Crippen LogP contribution < -0.4 is 0 Å². The third kappa shape index (κ3) is 230. The number of aliphatic hydroxyl groups excluding tert-OH is 1. The van der Waals surface area contributed by atoms with Gasteiger partial charge in [-0.25, -0.2) is 12.2 Å². The summed E-state index contributed by atoms with van der Waals surface area (Å²) in [6.07, 6.45) is 10.0. The third-order valence-electron chi connectivity index (χ3n) is 0.586. The first-order valence-corrected chi connectivity index (χ1v) is 13.5. The van der Waals surface area contributed by atoms with Crippen LogP contribution in [0.25, 0.3) is 5.73 Å². The molecule has 0 spiro atoms. The van der Waals surface area contributed by atoms with E-state index in [4.69, 9.17) is 15.6 Å². The van der Waals surface area contributed by atoms with Crippen molar-refractivity contribution in [1.82, 2.24) is 0 Å². The number of halogens is 2. The second-order valence-corrected chi connectivity index (χ2v) is 9.77. The number of nitrogens with one attached hydrogen (secondary N) is 1. The molecule has 0 heterocycles. The molecule has 22 heavy (non-hydrogen) atoms. The van der Waals surface area contributed by atoms with E-state index in [0.29, 0.717) is 0 Å². The zero-order valence-electron chi connectivity index (χ0n) is 15.4. The SMILES string of the molecule is CC(C)(C)[NH-].CO.C[Si](C)(C)O.Cl.Cl.[C-]1=CC=CC1.[CH3-].[SiH2]=[Ti]. The van der Waals surface area contributed by atoms with Crippen molar-refractivity contribution in [3.63, 3.8) is 0 Å². The zero-order valence-corrected chi connectivity index (χ0v) is 21.0. The van der Waals surface area contributed by atoms with E-state index in [0.717, 1.165) is 13.5 Å². The van der Waals surface area contributed by atoms with E-state index in [1.54, 1.807) is 0 Å². The van der Waals surface area contributed by atoms with Gasteiger partial charge in [0.25, 0.3) is 0 Å². The van der Waals surface area contributed by atoms with Crippen molar-refractivity contribution in [2.24, 2.45) is 0 Å². The number of hydrogen-bond acceptors (Lipinski definition) is 2. The fourth-order valence-electron chi connectivity index (χ4n) is 0.340. The molecular weight excluding hydrogens is 389 g/mol. The van der Waals surface area contributed by atoms with Crippen LogP contribution in [0.4, 0.5) is 0 Å². The first kappa shape index (κ1) is 43.5. The maximum atomic E-state index is 8.66. The molecule has 0 radical (unpaired) electrons. The molecule has 0 bridgehead atoms. The van der Waals surface area contributed by atoms with Crippen molar-refractivity contribution >= 4 is 40.8 Å². The predicted octanol–water partition coefficient (Wildman–Crippen LogP) is 3.94. The Kier molecular flexibility index (Phi) is 59.4. The van der Waals surface area contributed by atoms with Crippen LogP contribution in [0.5, 0.6) is 0 Å². The van der Waals surface area contributed by atoms with Gasteiger partial charge in [0.2, 0.25) is 0 Å². The molecule has 0 saturated heterocycles. The summed E-state index contributed by atoms with van der Waals surface area (Å²) in [5.41, 5.74) is 6.69. The van der Waals surface area contributed by atoms with Gasteiger partial charge in [0.1, 0.15) is 0 Å². The van der Waals surface area contributed by atoms with E-state index >= 15 is 0 Å². The van der Waals surface area contributed by atoms with E-state index in [2.05, 4.69) is 12.2 Å². The van der Waals surface area contributed by atoms with Crippen LogP contribution in [-0.4, -0.2) is 38.5 Å².